The number of ether oxygens (including phenoxy) is 1. The second kappa shape index (κ2) is 8.99. The number of rotatable bonds is 7. The molecule has 2 amide bonds. The van der Waals surface area contributed by atoms with Gasteiger partial charge in [-0.3, -0.25) is 14.3 Å². The second-order valence-electron chi connectivity index (χ2n) is 7.69. The minimum atomic E-state index is -0.538. The third-order valence-corrected chi connectivity index (χ3v) is 5.59. The van der Waals surface area contributed by atoms with E-state index in [1.54, 1.807) is 22.0 Å². The Kier molecular flexibility index (Phi) is 5.97. The number of carbonyl (C=O) groups is 2. The number of aromatic nitrogens is 2. The van der Waals surface area contributed by atoms with E-state index >= 15 is 0 Å². The Morgan fingerprint density at radius 3 is 2.81 bits per heavy atom. The highest BCUT2D eigenvalue weighted by atomic mass is 16.5. The van der Waals surface area contributed by atoms with Crippen molar-refractivity contribution in [2.24, 2.45) is 16.6 Å². The van der Waals surface area contributed by atoms with Gasteiger partial charge >= 0.3 is 0 Å². The Labute approximate surface area is 180 Å². The van der Waals surface area contributed by atoms with E-state index in [0.29, 0.717) is 43.8 Å². The molecule has 0 spiro atoms. The number of hydrogen-bond donors (Lipinski definition) is 1. The lowest BCUT2D eigenvalue weighted by molar-refractivity contribution is -0.125. The van der Waals surface area contributed by atoms with Gasteiger partial charge in [0.2, 0.25) is 17.7 Å². The van der Waals surface area contributed by atoms with Crippen molar-refractivity contribution in [2.75, 3.05) is 13.1 Å². The van der Waals surface area contributed by atoms with Gasteiger partial charge in [0.15, 0.2) is 5.75 Å². The first kappa shape index (κ1) is 20.6. The molecule has 0 radical (unpaired) electrons. The zero-order valence-electron chi connectivity index (χ0n) is 17.2. The normalized spacial score (nSPS) is 18.6. The molecule has 2 N–H and O–H groups in total. The number of likely N-dealkylation sites (tertiary alicyclic amines) is 1. The fourth-order valence-corrected chi connectivity index (χ4v) is 3.95. The molecule has 0 bridgehead atoms. The van der Waals surface area contributed by atoms with Crippen molar-refractivity contribution in [1.29, 1.82) is 0 Å². The van der Waals surface area contributed by atoms with Crippen LogP contribution in [0, 0.1) is 5.92 Å². The van der Waals surface area contributed by atoms with Crippen LogP contribution in [0.15, 0.2) is 71.8 Å². The SMILES string of the molecule is C=CC(=O)N1CCC(C2=NC(Oc3cnn(Cc4ccccc4)c3)=C(C(N)=O)CC2)C1. The van der Waals surface area contributed by atoms with Crippen LogP contribution in [0.25, 0.3) is 0 Å². The van der Waals surface area contributed by atoms with Crippen molar-refractivity contribution in [1.82, 2.24) is 14.7 Å². The number of primary amides is 1. The Morgan fingerprint density at radius 1 is 1.26 bits per heavy atom. The molecular weight excluding hydrogens is 394 g/mol. The molecule has 1 aromatic carbocycles. The van der Waals surface area contributed by atoms with Gasteiger partial charge in [0.05, 0.1) is 24.5 Å². The Balaban J connectivity index is 1.50. The third kappa shape index (κ3) is 4.74. The number of nitrogens with zero attached hydrogens (tertiary/aromatic N) is 4. The minimum absolute atomic E-state index is 0.0745. The van der Waals surface area contributed by atoms with Crippen molar-refractivity contribution in [3.63, 3.8) is 0 Å². The van der Waals surface area contributed by atoms with Crippen molar-refractivity contribution >= 4 is 17.5 Å². The van der Waals surface area contributed by atoms with Gasteiger partial charge in [-0.1, -0.05) is 36.9 Å². The molecule has 160 valence electrons. The van der Waals surface area contributed by atoms with Gasteiger partial charge < -0.3 is 15.4 Å². The van der Waals surface area contributed by atoms with E-state index in [4.69, 9.17) is 10.5 Å². The van der Waals surface area contributed by atoms with E-state index in [1.165, 1.54) is 6.08 Å². The van der Waals surface area contributed by atoms with Gasteiger partial charge in [-0.15, -0.1) is 0 Å². The number of hydrogen-bond acceptors (Lipinski definition) is 5. The first-order valence-electron chi connectivity index (χ1n) is 10.3. The number of benzene rings is 1. The first-order valence-corrected chi connectivity index (χ1v) is 10.3. The lowest BCUT2D eigenvalue weighted by atomic mass is 9.94. The molecule has 1 aromatic heterocycles. The van der Waals surface area contributed by atoms with Crippen LogP contribution in [0.5, 0.6) is 5.75 Å². The molecule has 1 fully saturated rings. The van der Waals surface area contributed by atoms with E-state index in [9.17, 15) is 9.59 Å². The highest BCUT2D eigenvalue weighted by Gasteiger charge is 2.31. The summed E-state index contributed by atoms with van der Waals surface area (Å²) in [6.45, 7) is 5.42. The van der Waals surface area contributed by atoms with Gasteiger partial charge in [-0.2, -0.15) is 5.10 Å². The summed E-state index contributed by atoms with van der Waals surface area (Å²) >= 11 is 0. The predicted molar refractivity (Wildman–Crippen MR) is 116 cm³/mol. The minimum Gasteiger partial charge on any atom is -0.435 e. The molecule has 1 unspecified atom stereocenters. The maximum atomic E-state index is 11.9. The number of aliphatic imine (C=N–C) groups is 1. The predicted octanol–water partition coefficient (Wildman–Crippen LogP) is 2.28. The summed E-state index contributed by atoms with van der Waals surface area (Å²) in [5.74, 6) is 0.239. The van der Waals surface area contributed by atoms with Crippen LogP contribution in [-0.2, 0) is 16.1 Å². The summed E-state index contributed by atoms with van der Waals surface area (Å²) in [5, 5.41) is 4.33. The average Bonchev–Trinajstić information content (AvgIpc) is 3.44. The van der Waals surface area contributed by atoms with Crippen LogP contribution < -0.4 is 10.5 Å². The standard InChI is InChI=1S/C23H25N5O3/c1-2-21(29)27-11-10-17(14-27)20-9-8-19(22(24)30)23(26-20)31-18-12-25-28(15-18)13-16-6-4-3-5-7-16/h2-7,12,15,17H,1,8-11,13-14H2,(H2,24,30). The molecule has 1 saturated heterocycles. The van der Waals surface area contributed by atoms with Gasteiger partial charge in [0.1, 0.15) is 0 Å². The summed E-state index contributed by atoms with van der Waals surface area (Å²) in [6, 6.07) is 9.97. The summed E-state index contributed by atoms with van der Waals surface area (Å²) in [4.78, 5) is 30.2. The smallest absolute Gasteiger partial charge is 0.250 e. The van der Waals surface area contributed by atoms with Crippen LogP contribution in [0.2, 0.25) is 0 Å². The van der Waals surface area contributed by atoms with Crippen LogP contribution in [0.3, 0.4) is 0 Å². The van der Waals surface area contributed by atoms with E-state index in [-0.39, 0.29) is 17.7 Å². The molecule has 3 heterocycles. The zero-order valence-corrected chi connectivity index (χ0v) is 17.2. The van der Waals surface area contributed by atoms with Crippen LogP contribution in [0.4, 0.5) is 0 Å². The van der Waals surface area contributed by atoms with Crippen molar-refractivity contribution in [3.05, 3.63) is 72.4 Å². The summed E-state index contributed by atoms with van der Waals surface area (Å²) in [7, 11) is 0. The molecule has 8 heteroatoms. The van der Waals surface area contributed by atoms with Gasteiger partial charge in [0, 0.05) is 24.7 Å². The molecule has 0 saturated carbocycles. The van der Waals surface area contributed by atoms with Crippen LogP contribution in [0.1, 0.15) is 24.8 Å². The van der Waals surface area contributed by atoms with Crippen LogP contribution in [-0.4, -0.2) is 45.3 Å². The van der Waals surface area contributed by atoms with Crippen molar-refractivity contribution in [3.8, 4) is 5.75 Å². The maximum absolute atomic E-state index is 11.9. The summed E-state index contributed by atoms with van der Waals surface area (Å²) < 4.78 is 7.71. The Morgan fingerprint density at radius 2 is 2.06 bits per heavy atom. The zero-order chi connectivity index (χ0) is 21.8. The molecular formula is C23H25N5O3. The monoisotopic (exact) mass is 419 g/mol. The molecule has 4 rings (SSSR count). The van der Waals surface area contributed by atoms with Crippen LogP contribution >= 0.6 is 0 Å². The maximum Gasteiger partial charge on any atom is 0.250 e. The third-order valence-electron chi connectivity index (χ3n) is 5.59. The summed E-state index contributed by atoms with van der Waals surface area (Å²) in [6.07, 6.45) is 6.61. The van der Waals surface area contributed by atoms with E-state index < -0.39 is 5.91 Å². The fraction of sp³-hybridized carbons (Fsp3) is 0.304. The lowest BCUT2D eigenvalue weighted by Crippen LogP contribution is -2.29. The Hall–Kier alpha value is -3.68. The van der Waals surface area contributed by atoms with Gasteiger partial charge in [-0.05, 0) is 30.9 Å². The quantitative estimate of drug-likeness (QED) is 0.696. The molecule has 2 aromatic rings. The number of nitrogens with two attached hydrogens (primary N) is 1. The van der Waals surface area contributed by atoms with Gasteiger partial charge in [-0.25, -0.2) is 4.99 Å². The lowest BCUT2D eigenvalue weighted by Gasteiger charge is -2.21. The largest absolute Gasteiger partial charge is 0.435 e. The summed E-state index contributed by atoms with van der Waals surface area (Å²) in [5.41, 5.74) is 7.98. The average molecular weight is 419 g/mol. The number of carbonyl (C=O) groups excluding carboxylic acids is 2. The van der Waals surface area contributed by atoms with E-state index in [0.717, 1.165) is 17.7 Å². The topological polar surface area (TPSA) is 103 Å². The highest BCUT2D eigenvalue weighted by molar-refractivity contribution is 5.97. The molecule has 2 aliphatic rings. The van der Waals surface area contributed by atoms with Gasteiger partial charge in [0.25, 0.3) is 0 Å². The molecule has 0 aliphatic carbocycles. The molecule has 8 nitrogen and oxygen atoms in total. The molecule has 31 heavy (non-hydrogen) atoms. The van der Waals surface area contributed by atoms with Crippen molar-refractivity contribution < 1.29 is 14.3 Å². The molecule has 1 atom stereocenters. The Bertz CT molecular complexity index is 1050. The van der Waals surface area contributed by atoms with E-state index in [1.807, 2.05) is 30.3 Å². The van der Waals surface area contributed by atoms with E-state index in [2.05, 4.69) is 16.7 Å². The molecule has 2 aliphatic heterocycles. The number of amides is 2. The fourth-order valence-electron chi connectivity index (χ4n) is 3.95. The first-order chi connectivity index (χ1) is 15.0. The highest BCUT2D eigenvalue weighted by Crippen LogP contribution is 2.29. The second-order valence-corrected chi connectivity index (χ2v) is 7.69. The van der Waals surface area contributed by atoms with Crippen molar-refractivity contribution in [2.45, 2.75) is 25.8 Å².